The van der Waals surface area contributed by atoms with E-state index in [1.165, 1.54) is 35.9 Å². The highest BCUT2D eigenvalue weighted by Crippen LogP contribution is 2.46. The number of rotatable bonds is 3. The third-order valence-corrected chi connectivity index (χ3v) is 7.31. The van der Waals surface area contributed by atoms with Crippen LogP contribution in [0.15, 0.2) is 72.3 Å². The summed E-state index contributed by atoms with van der Waals surface area (Å²) in [5, 5.41) is 10.7. The zero-order chi connectivity index (χ0) is 25.3. The fourth-order valence-corrected chi connectivity index (χ4v) is 5.39. The average molecular weight is 501 g/mol. The lowest BCUT2D eigenvalue weighted by Gasteiger charge is -2.20. The molecule has 1 aliphatic rings. The molecule has 0 spiro atoms. The van der Waals surface area contributed by atoms with Gasteiger partial charge < -0.3 is 14.3 Å². The minimum absolute atomic E-state index is 0.148. The summed E-state index contributed by atoms with van der Waals surface area (Å²) < 4.78 is 52.4. The molecule has 4 aromatic rings. The van der Waals surface area contributed by atoms with Crippen molar-refractivity contribution < 1.29 is 27.4 Å². The highest BCUT2D eigenvalue weighted by molar-refractivity contribution is 7.99. The highest BCUT2D eigenvalue weighted by Gasteiger charge is 2.39. The molecule has 3 heterocycles. The molecule has 0 bridgehead atoms. The summed E-state index contributed by atoms with van der Waals surface area (Å²) in [5.74, 6) is -0.128. The quantitative estimate of drug-likeness (QED) is 0.401. The van der Waals surface area contributed by atoms with Crippen molar-refractivity contribution in [2.24, 2.45) is 0 Å². The van der Waals surface area contributed by atoms with E-state index in [0.29, 0.717) is 28.9 Å². The first-order chi connectivity index (χ1) is 16.4. The molecule has 2 aromatic heterocycles. The van der Waals surface area contributed by atoms with Gasteiger partial charge in [0, 0.05) is 22.1 Å². The number of pyridine rings is 1. The first-order valence-electron chi connectivity index (χ1n) is 10.4. The fourth-order valence-electron chi connectivity index (χ4n) is 4.41. The van der Waals surface area contributed by atoms with Gasteiger partial charge in [0.25, 0.3) is 5.56 Å². The lowest BCUT2D eigenvalue weighted by atomic mass is 9.83. The Hall–Kier alpha value is -3.66. The van der Waals surface area contributed by atoms with Crippen molar-refractivity contribution in [1.82, 2.24) is 4.57 Å². The van der Waals surface area contributed by atoms with Gasteiger partial charge in [0.05, 0.1) is 18.4 Å². The molecule has 6 nitrogen and oxygen atoms in total. The average Bonchev–Trinajstić information content (AvgIpc) is 3.02. The molecule has 35 heavy (non-hydrogen) atoms. The Morgan fingerprint density at radius 2 is 1.80 bits per heavy atom. The van der Waals surface area contributed by atoms with Crippen LogP contribution in [0.25, 0.3) is 16.7 Å². The van der Waals surface area contributed by atoms with E-state index in [1.54, 1.807) is 18.2 Å². The number of fused-ring (bicyclic) bond motifs is 4. The van der Waals surface area contributed by atoms with E-state index in [4.69, 9.17) is 9.15 Å². The van der Waals surface area contributed by atoms with Crippen LogP contribution in [0.2, 0.25) is 0 Å². The van der Waals surface area contributed by atoms with E-state index >= 15 is 0 Å². The van der Waals surface area contributed by atoms with Crippen LogP contribution in [0.5, 0.6) is 11.5 Å². The molecule has 0 saturated carbocycles. The molecule has 0 amide bonds. The zero-order valence-electron chi connectivity index (χ0n) is 18.7. The van der Waals surface area contributed by atoms with Crippen LogP contribution in [-0.2, 0) is 11.6 Å². The van der Waals surface area contributed by atoms with E-state index in [2.05, 4.69) is 0 Å². The Bertz CT molecular complexity index is 1640. The van der Waals surface area contributed by atoms with Crippen LogP contribution < -0.4 is 15.9 Å². The smallest absolute Gasteiger partial charge is 0.417 e. The van der Waals surface area contributed by atoms with Gasteiger partial charge in [-0.1, -0.05) is 37.7 Å². The maximum absolute atomic E-state index is 13.6. The maximum Gasteiger partial charge on any atom is 0.417 e. The van der Waals surface area contributed by atoms with E-state index in [1.807, 2.05) is 13.8 Å². The van der Waals surface area contributed by atoms with Gasteiger partial charge in [0.1, 0.15) is 21.6 Å². The summed E-state index contributed by atoms with van der Waals surface area (Å²) in [6.45, 7) is 3.79. The number of benzene rings is 2. The van der Waals surface area contributed by atoms with Crippen molar-refractivity contribution >= 4 is 22.7 Å². The molecule has 10 heteroatoms. The molecule has 0 atom stereocenters. The second-order valence-electron chi connectivity index (χ2n) is 8.58. The van der Waals surface area contributed by atoms with Crippen molar-refractivity contribution in [1.29, 1.82) is 0 Å². The summed E-state index contributed by atoms with van der Waals surface area (Å²) in [7, 11) is 1.53. The maximum atomic E-state index is 13.6. The van der Waals surface area contributed by atoms with Gasteiger partial charge in [-0.15, -0.1) is 0 Å². The molecule has 0 fully saturated rings. The van der Waals surface area contributed by atoms with E-state index in [-0.39, 0.29) is 15.9 Å². The summed E-state index contributed by atoms with van der Waals surface area (Å²) in [5.41, 5.74) is -1.59. The molecule has 0 unspecified atom stereocenters. The number of aromatic nitrogens is 1. The molecule has 1 N–H and O–H groups in total. The van der Waals surface area contributed by atoms with Crippen molar-refractivity contribution in [3.05, 3.63) is 86.1 Å². The summed E-state index contributed by atoms with van der Waals surface area (Å²) in [6, 6.07) is 11.4. The van der Waals surface area contributed by atoms with Crippen LogP contribution >= 0.6 is 11.8 Å². The highest BCUT2D eigenvalue weighted by atomic mass is 32.2. The molecular weight excluding hydrogens is 483 g/mol. The molecule has 0 aliphatic carbocycles. The van der Waals surface area contributed by atoms with Crippen molar-refractivity contribution in [2.45, 2.75) is 35.2 Å². The Balaban J connectivity index is 1.76. The molecular formula is C25H18F3NO5S. The normalized spacial score (nSPS) is 14.1. The Labute approximate surface area is 200 Å². The summed E-state index contributed by atoms with van der Waals surface area (Å²) in [4.78, 5) is 25.5. The van der Waals surface area contributed by atoms with E-state index in [0.717, 1.165) is 11.6 Å². The van der Waals surface area contributed by atoms with E-state index in [9.17, 15) is 27.9 Å². The third kappa shape index (κ3) is 3.43. The predicted octanol–water partition coefficient (Wildman–Crippen LogP) is 5.47. The van der Waals surface area contributed by atoms with Crippen LogP contribution in [0.3, 0.4) is 0 Å². The van der Waals surface area contributed by atoms with Crippen LogP contribution in [0.4, 0.5) is 13.2 Å². The van der Waals surface area contributed by atoms with Gasteiger partial charge in [-0.2, -0.15) is 13.2 Å². The number of aromatic hydroxyl groups is 1. The number of methoxy groups -OCH3 is 1. The fraction of sp³-hybridized carbons (Fsp3) is 0.200. The predicted molar refractivity (Wildman–Crippen MR) is 124 cm³/mol. The number of halogens is 3. The molecule has 1 aliphatic heterocycles. The van der Waals surface area contributed by atoms with Crippen molar-refractivity contribution in [3.8, 4) is 17.2 Å². The van der Waals surface area contributed by atoms with Crippen molar-refractivity contribution in [3.63, 3.8) is 0 Å². The largest absolute Gasteiger partial charge is 0.505 e. The number of ether oxygens (including phenoxy) is 1. The number of alkyl halides is 3. The second-order valence-corrected chi connectivity index (χ2v) is 9.63. The third-order valence-electron chi connectivity index (χ3n) is 6.17. The summed E-state index contributed by atoms with van der Waals surface area (Å²) in [6.07, 6.45) is -4.67. The SMILES string of the molecule is COc1ccc2c(c1)C(C)(C)c1cc3oc(=O)c(Sc4ccccc4C(F)(F)F)c(O)c3c(=O)n1-2. The van der Waals surface area contributed by atoms with Gasteiger partial charge in [0.2, 0.25) is 0 Å². The lowest BCUT2D eigenvalue weighted by molar-refractivity contribution is -0.139. The molecule has 180 valence electrons. The van der Waals surface area contributed by atoms with Gasteiger partial charge in [-0.25, -0.2) is 4.79 Å². The van der Waals surface area contributed by atoms with Gasteiger partial charge in [-0.05, 0) is 35.9 Å². The number of nitrogens with zero attached hydrogens (tertiary/aromatic N) is 1. The summed E-state index contributed by atoms with van der Waals surface area (Å²) >= 11 is 0.401. The van der Waals surface area contributed by atoms with Gasteiger partial charge >= 0.3 is 11.8 Å². The Morgan fingerprint density at radius 1 is 1.09 bits per heavy atom. The van der Waals surface area contributed by atoms with Gasteiger partial charge in [-0.3, -0.25) is 9.36 Å². The molecule has 5 rings (SSSR count). The molecule has 0 saturated heterocycles. The second kappa shape index (κ2) is 7.67. The van der Waals surface area contributed by atoms with Crippen LogP contribution in [-0.4, -0.2) is 16.8 Å². The topological polar surface area (TPSA) is 81.7 Å². The van der Waals surface area contributed by atoms with E-state index < -0.39 is 39.0 Å². The standard InChI is InChI=1S/C25H18F3NO5S/c1-24(2)14-10-12(33-3)8-9-15(14)29-18(24)11-16-19(22(29)31)20(30)21(23(32)34-16)35-17-7-5-4-6-13(17)25(26,27)28/h4-11,30H,1-3H3. The minimum Gasteiger partial charge on any atom is -0.505 e. The Morgan fingerprint density at radius 3 is 2.49 bits per heavy atom. The van der Waals surface area contributed by atoms with Crippen molar-refractivity contribution in [2.75, 3.05) is 7.11 Å². The van der Waals surface area contributed by atoms with Crippen LogP contribution in [0.1, 0.15) is 30.7 Å². The monoisotopic (exact) mass is 501 g/mol. The first-order valence-corrected chi connectivity index (χ1v) is 11.3. The number of hydrogen-bond acceptors (Lipinski definition) is 6. The van der Waals surface area contributed by atoms with Gasteiger partial charge in [0.15, 0.2) is 5.75 Å². The number of hydrogen-bond donors (Lipinski definition) is 1. The zero-order valence-corrected chi connectivity index (χ0v) is 19.5. The molecule has 0 radical (unpaired) electrons. The lowest BCUT2D eigenvalue weighted by Crippen LogP contribution is -2.24. The minimum atomic E-state index is -4.67. The van der Waals surface area contributed by atoms with Crippen LogP contribution in [0, 0.1) is 0 Å². The first kappa shape index (κ1) is 23.1. The Kier molecular flexibility index (Phi) is 5.06. The molecule has 2 aromatic carbocycles.